The second kappa shape index (κ2) is 4.57. The molecular formula is C13H10N2O2. The Morgan fingerprint density at radius 3 is 2.47 bits per heavy atom. The SMILES string of the molecule is C=Cc1ccnc(-c2cc(C(=O)O)ccn2)c1. The second-order valence-corrected chi connectivity index (χ2v) is 3.41. The van der Waals surface area contributed by atoms with Gasteiger partial charge in [-0.1, -0.05) is 12.7 Å². The number of aromatic carboxylic acids is 1. The van der Waals surface area contributed by atoms with Gasteiger partial charge in [-0.2, -0.15) is 0 Å². The van der Waals surface area contributed by atoms with Gasteiger partial charge in [0.1, 0.15) is 0 Å². The molecule has 2 aromatic rings. The lowest BCUT2D eigenvalue weighted by atomic mass is 10.1. The maximum atomic E-state index is 10.8. The summed E-state index contributed by atoms with van der Waals surface area (Å²) >= 11 is 0. The van der Waals surface area contributed by atoms with Gasteiger partial charge in [-0.3, -0.25) is 9.97 Å². The monoisotopic (exact) mass is 226 g/mol. The lowest BCUT2D eigenvalue weighted by molar-refractivity contribution is 0.0697. The topological polar surface area (TPSA) is 63.1 Å². The van der Waals surface area contributed by atoms with Crippen LogP contribution < -0.4 is 0 Å². The molecular weight excluding hydrogens is 216 g/mol. The number of pyridine rings is 2. The van der Waals surface area contributed by atoms with Crippen LogP contribution in [-0.4, -0.2) is 21.0 Å². The summed E-state index contributed by atoms with van der Waals surface area (Å²) in [6.07, 6.45) is 4.80. The van der Waals surface area contributed by atoms with Crippen molar-refractivity contribution < 1.29 is 9.90 Å². The molecule has 1 N–H and O–H groups in total. The Kier molecular flexibility index (Phi) is 2.96. The van der Waals surface area contributed by atoms with Crippen molar-refractivity contribution in [2.24, 2.45) is 0 Å². The van der Waals surface area contributed by atoms with E-state index in [2.05, 4.69) is 16.5 Å². The van der Waals surface area contributed by atoms with Crippen molar-refractivity contribution in [3.8, 4) is 11.4 Å². The van der Waals surface area contributed by atoms with Crippen LogP contribution in [0.25, 0.3) is 17.5 Å². The molecule has 0 aromatic carbocycles. The molecule has 0 atom stereocenters. The van der Waals surface area contributed by atoms with E-state index in [4.69, 9.17) is 5.11 Å². The maximum Gasteiger partial charge on any atom is 0.335 e. The Hall–Kier alpha value is -2.49. The molecule has 0 bridgehead atoms. The van der Waals surface area contributed by atoms with Gasteiger partial charge in [0.25, 0.3) is 0 Å². The van der Waals surface area contributed by atoms with Crippen LogP contribution in [0.3, 0.4) is 0 Å². The van der Waals surface area contributed by atoms with Gasteiger partial charge in [-0.25, -0.2) is 4.79 Å². The van der Waals surface area contributed by atoms with Crippen molar-refractivity contribution >= 4 is 12.0 Å². The highest BCUT2D eigenvalue weighted by molar-refractivity contribution is 5.88. The molecule has 2 aromatic heterocycles. The summed E-state index contributed by atoms with van der Waals surface area (Å²) < 4.78 is 0. The van der Waals surface area contributed by atoms with Crippen molar-refractivity contribution in [2.75, 3.05) is 0 Å². The van der Waals surface area contributed by atoms with Crippen LogP contribution in [-0.2, 0) is 0 Å². The smallest absolute Gasteiger partial charge is 0.335 e. The third-order valence-electron chi connectivity index (χ3n) is 2.29. The van der Waals surface area contributed by atoms with Crippen molar-refractivity contribution in [1.29, 1.82) is 0 Å². The fourth-order valence-corrected chi connectivity index (χ4v) is 1.42. The third kappa shape index (κ3) is 2.36. The molecule has 0 fully saturated rings. The molecule has 84 valence electrons. The first-order chi connectivity index (χ1) is 8.20. The summed E-state index contributed by atoms with van der Waals surface area (Å²) in [5, 5.41) is 8.89. The van der Waals surface area contributed by atoms with Crippen molar-refractivity contribution in [2.45, 2.75) is 0 Å². The first-order valence-electron chi connectivity index (χ1n) is 4.99. The van der Waals surface area contributed by atoms with E-state index < -0.39 is 5.97 Å². The lowest BCUT2D eigenvalue weighted by Crippen LogP contribution is -1.97. The number of rotatable bonds is 3. The summed E-state index contributed by atoms with van der Waals surface area (Å²) in [6, 6.07) is 6.57. The Balaban J connectivity index is 2.48. The Bertz CT molecular complexity index is 579. The first-order valence-corrected chi connectivity index (χ1v) is 4.99. The van der Waals surface area contributed by atoms with E-state index in [-0.39, 0.29) is 5.56 Å². The first kappa shape index (κ1) is 11.0. The van der Waals surface area contributed by atoms with E-state index in [0.717, 1.165) is 5.56 Å². The number of hydrogen-bond donors (Lipinski definition) is 1. The highest BCUT2D eigenvalue weighted by atomic mass is 16.4. The van der Waals surface area contributed by atoms with E-state index in [1.807, 2.05) is 6.07 Å². The Labute approximate surface area is 98.3 Å². The summed E-state index contributed by atoms with van der Waals surface area (Å²) in [7, 11) is 0. The minimum Gasteiger partial charge on any atom is -0.478 e. The highest BCUT2D eigenvalue weighted by Gasteiger charge is 2.06. The van der Waals surface area contributed by atoms with Gasteiger partial charge in [-0.05, 0) is 29.8 Å². The van der Waals surface area contributed by atoms with E-state index in [1.54, 1.807) is 18.3 Å². The Morgan fingerprint density at radius 1 is 1.18 bits per heavy atom. The molecule has 2 rings (SSSR count). The van der Waals surface area contributed by atoms with Crippen LogP contribution in [0.2, 0.25) is 0 Å². The van der Waals surface area contributed by atoms with Crippen molar-refractivity contribution in [3.63, 3.8) is 0 Å². The number of carboxylic acids is 1. The molecule has 0 amide bonds. The Morgan fingerprint density at radius 2 is 1.82 bits per heavy atom. The average Bonchev–Trinajstić information content (AvgIpc) is 2.39. The summed E-state index contributed by atoms with van der Waals surface area (Å²) in [5.41, 5.74) is 2.28. The third-order valence-corrected chi connectivity index (χ3v) is 2.29. The molecule has 4 heteroatoms. The zero-order valence-corrected chi connectivity index (χ0v) is 9.00. The van der Waals surface area contributed by atoms with Gasteiger partial charge in [0, 0.05) is 12.4 Å². The zero-order valence-electron chi connectivity index (χ0n) is 9.00. The average molecular weight is 226 g/mol. The van der Waals surface area contributed by atoms with Crippen LogP contribution in [0.4, 0.5) is 0 Å². The van der Waals surface area contributed by atoms with Gasteiger partial charge < -0.3 is 5.11 Å². The number of carboxylic acid groups (broad SMARTS) is 1. The molecule has 2 heterocycles. The van der Waals surface area contributed by atoms with Crippen LogP contribution in [0.15, 0.2) is 43.2 Å². The van der Waals surface area contributed by atoms with Crippen LogP contribution >= 0.6 is 0 Å². The van der Waals surface area contributed by atoms with Gasteiger partial charge in [0.05, 0.1) is 17.0 Å². The van der Waals surface area contributed by atoms with Gasteiger partial charge in [0.15, 0.2) is 0 Å². The van der Waals surface area contributed by atoms with E-state index in [9.17, 15) is 4.79 Å². The quantitative estimate of drug-likeness (QED) is 0.873. The lowest BCUT2D eigenvalue weighted by Gasteiger charge is -2.02. The van der Waals surface area contributed by atoms with Crippen LogP contribution in [0.5, 0.6) is 0 Å². The number of nitrogens with zero attached hydrogens (tertiary/aromatic N) is 2. The molecule has 0 aliphatic heterocycles. The molecule has 0 unspecified atom stereocenters. The highest BCUT2D eigenvalue weighted by Crippen LogP contribution is 2.17. The van der Waals surface area contributed by atoms with Gasteiger partial charge >= 0.3 is 5.97 Å². The standard InChI is InChI=1S/C13H10N2O2/c1-2-9-3-5-14-11(7-9)12-8-10(13(16)17)4-6-15-12/h2-8H,1H2,(H,16,17). The number of carbonyl (C=O) groups is 1. The van der Waals surface area contributed by atoms with Crippen LogP contribution in [0.1, 0.15) is 15.9 Å². The molecule has 0 aliphatic carbocycles. The molecule has 17 heavy (non-hydrogen) atoms. The maximum absolute atomic E-state index is 10.8. The van der Waals surface area contributed by atoms with E-state index in [1.165, 1.54) is 18.3 Å². The normalized spacial score (nSPS) is 9.88. The molecule has 0 aliphatic rings. The summed E-state index contributed by atoms with van der Waals surface area (Å²) in [5.74, 6) is -0.978. The zero-order chi connectivity index (χ0) is 12.3. The number of hydrogen-bond acceptors (Lipinski definition) is 3. The molecule has 4 nitrogen and oxygen atoms in total. The number of aromatic nitrogens is 2. The minimum absolute atomic E-state index is 0.195. The van der Waals surface area contributed by atoms with Crippen LogP contribution in [0, 0.1) is 0 Å². The predicted molar refractivity (Wildman–Crippen MR) is 64.5 cm³/mol. The van der Waals surface area contributed by atoms with E-state index in [0.29, 0.717) is 11.4 Å². The minimum atomic E-state index is -0.978. The molecule has 0 spiro atoms. The predicted octanol–water partition coefficient (Wildman–Crippen LogP) is 2.48. The van der Waals surface area contributed by atoms with E-state index >= 15 is 0 Å². The fraction of sp³-hybridized carbons (Fsp3) is 0. The largest absolute Gasteiger partial charge is 0.478 e. The molecule has 0 radical (unpaired) electrons. The fourth-order valence-electron chi connectivity index (χ4n) is 1.42. The van der Waals surface area contributed by atoms with Crippen molar-refractivity contribution in [1.82, 2.24) is 9.97 Å². The molecule has 0 saturated heterocycles. The van der Waals surface area contributed by atoms with Gasteiger partial charge in [0.2, 0.25) is 0 Å². The summed E-state index contributed by atoms with van der Waals surface area (Å²) in [6.45, 7) is 3.67. The van der Waals surface area contributed by atoms with Gasteiger partial charge in [-0.15, -0.1) is 0 Å². The second-order valence-electron chi connectivity index (χ2n) is 3.41. The summed E-state index contributed by atoms with van der Waals surface area (Å²) in [4.78, 5) is 19.1. The van der Waals surface area contributed by atoms with Crippen molar-refractivity contribution in [3.05, 3.63) is 54.4 Å². The molecule has 0 saturated carbocycles.